The molecular weight excluding hydrogens is 446 g/mol. The molecule has 0 aliphatic carbocycles. The summed E-state index contributed by atoms with van der Waals surface area (Å²) in [5.41, 5.74) is -2.34. The third-order valence-corrected chi connectivity index (χ3v) is 3.84. The van der Waals surface area contributed by atoms with Crippen LogP contribution >= 0.6 is 0 Å². The number of hydrogen-bond acceptors (Lipinski definition) is 4. The van der Waals surface area contributed by atoms with Gasteiger partial charge in [0.05, 0.1) is 24.3 Å². The lowest BCUT2D eigenvalue weighted by molar-refractivity contribution is -0.137. The Hall–Kier alpha value is -3.77. The van der Waals surface area contributed by atoms with Gasteiger partial charge in [-0.15, -0.1) is 0 Å². The Kier molecular flexibility index (Phi) is 7.67. The Labute approximate surface area is 177 Å². The first-order valence-corrected chi connectivity index (χ1v) is 8.81. The highest BCUT2D eigenvalue weighted by Crippen LogP contribution is 2.36. The molecular formula is C19H16F6N4O3. The van der Waals surface area contributed by atoms with E-state index in [-0.39, 0.29) is 5.69 Å². The summed E-state index contributed by atoms with van der Waals surface area (Å²) in [5, 5.41) is 8.47. The second kappa shape index (κ2) is 10.0. The first kappa shape index (κ1) is 24.5. The van der Waals surface area contributed by atoms with E-state index in [0.717, 1.165) is 19.1 Å². The fraction of sp³-hybridized carbons (Fsp3) is 0.211. The Bertz CT molecular complexity index is 1040. The molecule has 0 fully saturated rings. The second-order valence-corrected chi connectivity index (χ2v) is 6.34. The van der Waals surface area contributed by atoms with Gasteiger partial charge in [0.15, 0.2) is 17.5 Å². The number of nitrogens with one attached hydrogen (secondary N) is 4. The van der Waals surface area contributed by atoms with Gasteiger partial charge < -0.3 is 21.3 Å². The van der Waals surface area contributed by atoms with Crippen molar-refractivity contribution in [3.63, 3.8) is 0 Å². The molecule has 172 valence electrons. The minimum atomic E-state index is -4.79. The predicted molar refractivity (Wildman–Crippen MR) is 102 cm³/mol. The van der Waals surface area contributed by atoms with Gasteiger partial charge in [0.2, 0.25) is 17.7 Å². The van der Waals surface area contributed by atoms with Gasteiger partial charge in [-0.3, -0.25) is 14.4 Å². The normalized spacial score (nSPS) is 11.0. The summed E-state index contributed by atoms with van der Waals surface area (Å²) in [5.74, 6) is -7.32. The maximum Gasteiger partial charge on any atom is 0.418 e. The first-order chi connectivity index (χ1) is 14.9. The van der Waals surface area contributed by atoms with Crippen molar-refractivity contribution < 1.29 is 40.7 Å². The minimum absolute atomic E-state index is 0.0963. The van der Waals surface area contributed by atoms with Crippen molar-refractivity contribution >= 4 is 34.8 Å². The van der Waals surface area contributed by atoms with E-state index in [4.69, 9.17) is 0 Å². The quantitative estimate of drug-likeness (QED) is 0.375. The van der Waals surface area contributed by atoms with Crippen molar-refractivity contribution in [2.24, 2.45) is 0 Å². The summed E-state index contributed by atoms with van der Waals surface area (Å²) in [4.78, 5) is 34.6. The number of carbonyl (C=O) groups excluding carboxylic acids is 3. The summed E-state index contributed by atoms with van der Waals surface area (Å²) >= 11 is 0. The fourth-order valence-electron chi connectivity index (χ4n) is 2.45. The van der Waals surface area contributed by atoms with Crippen LogP contribution in [0.2, 0.25) is 0 Å². The molecule has 0 bridgehead atoms. The maximum atomic E-state index is 13.5. The lowest BCUT2D eigenvalue weighted by atomic mass is 10.1. The van der Waals surface area contributed by atoms with E-state index in [1.807, 2.05) is 5.32 Å². The summed E-state index contributed by atoms with van der Waals surface area (Å²) in [6, 6.07) is 4.26. The molecule has 2 aromatic rings. The summed E-state index contributed by atoms with van der Waals surface area (Å²) in [6.07, 6.45) is -4.79. The third kappa shape index (κ3) is 6.62. The molecule has 0 heterocycles. The molecule has 0 unspecified atom stereocenters. The molecule has 13 heteroatoms. The minimum Gasteiger partial charge on any atom is -0.376 e. The van der Waals surface area contributed by atoms with Crippen LogP contribution < -0.4 is 21.3 Å². The van der Waals surface area contributed by atoms with E-state index in [2.05, 4.69) is 16.0 Å². The molecule has 3 amide bonds. The molecule has 0 aliphatic heterocycles. The van der Waals surface area contributed by atoms with Gasteiger partial charge in [-0.05, 0) is 30.3 Å². The zero-order chi connectivity index (χ0) is 24.1. The number of anilines is 3. The van der Waals surface area contributed by atoms with Crippen LogP contribution in [0.3, 0.4) is 0 Å². The number of benzene rings is 2. The lowest BCUT2D eigenvalue weighted by Crippen LogP contribution is -2.36. The van der Waals surface area contributed by atoms with Gasteiger partial charge >= 0.3 is 6.18 Å². The van der Waals surface area contributed by atoms with Gasteiger partial charge in [0.1, 0.15) is 0 Å². The predicted octanol–water partition coefficient (Wildman–Crippen LogP) is 3.25. The number of carbonyl (C=O) groups is 3. The van der Waals surface area contributed by atoms with Gasteiger partial charge in [0.25, 0.3) is 0 Å². The molecule has 0 atom stereocenters. The van der Waals surface area contributed by atoms with Crippen LogP contribution in [0.25, 0.3) is 0 Å². The number of hydrogen-bond donors (Lipinski definition) is 4. The van der Waals surface area contributed by atoms with Crippen LogP contribution in [0.4, 0.5) is 43.4 Å². The number of amides is 3. The molecule has 32 heavy (non-hydrogen) atoms. The molecule has 4 N–H and O–H groups in total. The van der Waals surface area contributed by atoms with Gasteiger partial charge in [-0.25, -0.2) is 13.2 Å². The first-order valence-electron chi connectivity index (χ1n) is 8.81. The Morgan fingerprint density at radius 3 is 2.12 bits per heavy atom. The zero-order valence-corrected chi connectivity index (χ0v) is 16.3. The molecule has 0 aromatic heterocycles. The van der Waals surface area contributed by atoms with Crippen LogP contribution in [0.5, 0.6) is 0 Å². The third-order valence-electron chi connectivity index (χ3n) is 3.84. The molecule has 2 aromatic carbocycles. The van der Waals surface area contributed by atoms with Crippen molar-refractivity contribution in [2.45, 2.75) is 13.1 Å². The summed E-state index contributed by atoms with van der Waals surface area (Å²) < 4.78 is 79.3. The monoisotopic (exact) mass is 462 g/mol. The molecule has 2 rings (SSSR count). The standard InChI is InChI=1S/C19H16F6N4O3/c1-9(30)28-10-2-4-13(11(6-10)19(23,24)25)26-7-15(31)27-8-16(32)29-14-5-3-12(20)17(21)18(14)22/h2-6,26H,7-8H2,1H3,(H,27,31)(H,28,30)(H,29,32). The van der Waals surface area contributed by atoms with E-state index in [1.54, 1.807) is 0 Å². The van der Waals surface area contributed by atoms with Crippen LogP contribution in [0, 0.1) is 17.5 Å². The van der Waals surface area contributed by atoms with Crippen molar-refractivity contribution in [1.82, 2.24) is 5.32 Å². The fourth-order valence-corrected chi connectivity index (χ4v) is 2.45. The second-order valence-electron chi connectivity index (χ2n) is 6.34. The van der Waals surface area contributed by atoms with E-state index in [0.29, 0.717) is 12.1 Å². The zero-order valence-electron chi connectivity index (χ0n) is 16.3. The highest BCUT2D eigenvalue weighted by molar-refractivity contribution is 5.95. The van der Waals surface area contributed by atoms with Crippen molar-refractivity contribution in [3.05, 3.63) is 53.3 Å². The Morgan fingerprint density at radius 1 is 0.844 bits per heavy atom. The summed E-state index contributed by atoms with van der Waals surface area (Å²) in [7, 11) is 0. The molecule has 0 aliphatic rings. The van der Waals surface area contributed by atoms with Crippen molar-refractivity contribution in [2.75, 3.05) is 29.0 Å². The van der Waals surface area contributed by atoms with Crippen molar-refractivity contribution in [1.29, 1.82) is 0 Å². The average molecular weight is 462 g/mol. The number of alkyl halides is 3. The van der Waals surface area contributed by atoms with Crippen molar-refractivity contribution in [3.8, 4) is 0 Å². The number of rotatable bonds is 7. The topological polar surface area (TPSA) is 99.3 Å². The molecule has 7 nitrogen and oxygen atoms in total. The van der Waals surface area contributed by atoms with Crippen LogP contribution in [0.1, 0.15) is 12.5 Å². The highest BCUT2D eigenvalue weighted by Gasteiger charge is 2.34. The molecule has 0 saturated carbocycles. The Morgan fingerprint density at radius 2 is 1.50 bits per heavy atom. The smallest absolute Gasteiger partial charge is 0.376 e. The van der Waals surface area contributed by atoms with Gasteiger partial charge in [-0.1, -0.05) is 0 Å². The SMILES string of the molecule is CC(=O)Nc1ccc(NCC(=O)NCC(=O)Nc2ccc(F)c(F)c2F)c(C(F)(F)F)c1. The van der Waals surface area contributed by atoms with E-state index in [1.165, 1.54) is 6.07 Å². The van der Waals surface area contributed by atoms with Crippen LogP contribution in [0.15, 0.2) is 30.3 Å². The maximum absolute atomic E-state index is 13.5. The van der Waals surface area contributed by atoms with Gasteiger partial charge in [0, 0.05) is 18.3 Å². The molecule has 0 radical (unpaired) electrons. The lowest BCUT2D eigenvalue weighted by Gasteiger charge is -2.16. The van der Waals surface area contributed by atoms with Crippen LogP contribution in [-0.4, -0.2) is 30.8 Å². The highest BCUT2D eigenvalue weighted by atomic mass is 19.4. The van der Waals surface area contributed by atoms with E-state index in [9.17, 15) is 40.7 Å². The molecule has 0 saturated heterocycles. The van der Waals surface area contributed by atoms with E-state index < -0.39 is 71.4 Å². The van der Waals surface area contributed by atoms with Crippen LogP contribution in [-0.2, 0) is 20.6 Å². The van der Waals surface area contributed by atoms with E-state index >= 15 is 0 Å². The summed E-state index contributed by atoms with van der Waals surface area (Å²) in [6.45, 7) is -0.247. The average Bonchev–Trinajstić information content (AvgIpc) is 2.70. The molecule has 0 spiro atoms. The largest absolute Gasteiger partial charge is 0.418 e. The van der Waals surface area contributed by atoms with Gasteiger partial charge in [-0.2, -0.15) is 13.2 Å². The number of halogens is 6. The Balaban J connectivity index is 1.94.